The molecule has 1 aromatic heterocycles. The summed E-state index contributed by atoms with van der Waals surface area (Å²) in [6, 6.07) is 6.66. The average molecular weight is 420 g/mol. The van der Waals surface area contributed by atoms with Crippen LogP contribution in [0.15, 0.2) is 47.5 Å². The first-order valence-electron chi connectivity index (χ1n) is 7.31. The van der Waals surface area contributed by atoms with Crippen LogP contribution in [-0.2, 0) is 16.6 Å². The summed E-state index contributed by atoms with van der Waals surface area (Å²) in [6.07, 6.45) is 1.20. The fourth-order valence-corrected chi connectivity index (χ4v) is 3.36. The molecule has 0 amide bonds. The molecule has 27 heavy (non-hydrogen) atoms. The van der Waals surface area contributed by atoms with Crippen molar-refractivity contribution < 1.29 is 26.0 Å². The lowest BCUT2D eigenvalue weighted by Gasteiger charge is -2.08. The van der Waals surface area contributed by atoms with E-state index in [2.05, 4.69) is 9.82 Å². The Labute approximate surface area is 156 Å². The molecule has 142 valence electrons. The zero-order valence-electron chi connectivity index (χ0n) is 13.3. The molecule has 1 heterocycles. The van der Waals surface area contributed by atoms with Gasteiger partial charge in [-0.1, -0.05) is 11.6 Å². The highest BCUT2D eigenvalue weighted by molar-refractivity contribution is 7.92. The molecule has 0 bridgehead atoms. The lowest BCUT2D eigenvalue weighted by atomic mass is 10.2. The number of nitrogens with zero attached hydrogens (tertiary/aromatic N) is 2. The van der Waals surface area contributed by atoms with Crippen molar-refractivity contribution in [3.63, 3.8) is 0 Å². The predicted molar refractivity (Wildman–Crippen MR) is 89.9 cm³/mol. The van der Waals surface area contributed by atoms with Gasteiger partial charge in [0.05, 0.1) is 17.0 Å². The Morgan fingerprint density at radius 2 is 1.59 bits per heavy atom. The lowest BCUT2D eigenvalue weighted by molar-refractivity contribution is 0.431. The van der Waals surface area contributed by atoms with Crippen LogP contribution in [0.3, 0.4) is 0 Å². The van der Waals surface area contributed by atoms with Gasteiger partial charge < -0.3 is 0 Å². The van der Waals surface area contributed by atoms with Crippen LogP contribution in [0.1, 0.15) is 5.56 Å². The number of halogens is 5. The molecule has 0 saturated heterocycles. The van der Waals surface area contributed by atoms with Crippen molar-refractivity contribution in [2.75, 3.05) is 4.72 Å². The van der Waals surface area contributed by atoms with Gasteiger partial charge in [0.15, 0.2) is 29.1 Å². The van der Waals surface area contributed by atoms with Crippen molar-refractivity contribution >= 4 is 27.4 Å². The van der Waals surface area contributed by atoms with E-state index in [-0.39, 0.29) is 16.8 Å². The molecule has 3 rings (SSSR count). The fourth-order valence-electron chi connectivity index (χ4n) is 2.24. The number of aromatic nitrogens is 2. The highest BCUT2D eigenvalue weighted by atomic mass is 35.5. The second-order valence-corrected chi connectivity index (χ2v) is 7.52. The van der Waals surface area contributed by atoms with Crippen LogP contribution in [0.5, 0.6) is 0 Å². The minimum absolute atomic E-state index is 0.0780. The Kier molecular flexibility index (Phi) is 5.11. The monoisotopic (exact) mass is 419 g/mol. The second kappa shape index (κ2) is 7.20. The summed E-state index contributed by atoms with van der Waals surface area (Å²) < 4.78 is 81.6. The summed E-state index contributed by atoms with van der Waals surface area (Å²) in [4.78, 5) is -0.0780. The molecule has 3 aromatic rings. The van der Waals surface area contributed by atoms with Crippen molar-refractivity contribution in [3.8, 4) is 0 Å². The highest BCUT2D eigenvalue weighted by Crippen LogP contribution is 2.21. The van der Waals surface area contributed by atoms with Crippen LogP contribution in [0, 0.1) is 23.3 Å². The third-order valence-electron chi connectivity index (χ3n) is 3.53. The molecule has 5 nitrogen and oxygen atoms in total. The summed E-state index contributed by atoms with van der Waals surface area (Å²) in [5, 5.41) is 4.15. The van der Waals surface area contributed by atoms with Gasteiger partial charge in [-0.15, -0.1) is 0 Å². The van der Waals surface area contributed by atoms with Crippen molar-refractivity contribution in [2.45, 2.75) is 11.4 Å². The Balaban J connectivity index is 1.83. The first-order chi connectivity index (χ1) is 12.7. The predicted octanol–water partition coefficient (Wildman–Crippen LogP) is 3.94. The van der Waals surface area contributed by atoms with E-state index in [4.69, 9.17) is 11.6 Å². The summed E-state index contributed by atoms with van der Waals surface area (Å²) in [5.41, 5.74) is -0.872. The van der Waals surface area contributed by atoms with Gasteiger partial charge in [-0.25, -0.2) is 26.0 Å². The quantitative estimate of drug-likeness (QED) is 0.503. The Bertz CT molecular complexity index is 1080. The van der Waals surface area contributed by atoms with Crippen molar-refractivity contribution in [3.05, 3.63) is 76.5 Å². The Morgan fingerprint density at radius 3 is 2.19 bits per heavy atom. The molecule has 0 fully saturated rings. The third-order valence-corrected chi connectivity index (χ3v) is 5.15. The number of sulfonamides is 1. The topological polar surface area (TPSA) is 64.0 Å². The maximum Gasteiger partial charge on any atom is 0.263 e. The molecule has 2 aromatic carbocycles. The summed E-state index contributed by atoms with van der Waals surface area (Å²) in [6.45, 7) is -0.644. The molecule has 1 N–H and O–H groups in total. The Morgan fingerprint density at radius 1 is 1.00 bits per heavy atom. The smallest absolute Gasteiger partial charge is 0.263 e. The Hall–Kier alpha value is -2.59. The molecule has 0 saturated carbocycles. The maximum absolute atomic E-state index is 13.7. The average Bonchev–Trinajstić information content (AvgIpc) is 3.03. The summed E-state index contributed by atoms with van der Waals surface area (Å²) in [7, 11) is -3.97. The van der Waals surface area contributed by atoms with Gasteiger partial charge in [0.25, 0.3) is 10.0 Å². The number of hydrogen-bond donors (Lipinski definition) is 1. The van der Waals surface area contributed by atoms with Gasteiger partial charge in [-0.2, -0.15) is 5.10 Å². The van der Waals surface area contributed by atoms with E-state index in [1.165, 1.54) is 36.5 Å². The van der Waals surface area contributed by atoms with Crippen LogP contribution < -0.4 is 4.72 Å². The standard InChI is InChI=1S/C16H10ClF4N3O2S/c17-9-1-3-10(4-2-9)27(25,26)23-14-5-6-24(22-14)8-11-15(20)12(18)7-13(19)16(11)21/h1-7H,8H2,(H,22,23). The first-order valence-corrected chi connectivity index (χ1v) is 9.17. The largest absolute Gasteiger partial charge is 0.266 e. The SMILES string of the molecule is O=S(=O)(Nc1ccn(Cc2c(F)c(F)cc(F)c2F)n1)c1ccc(Cl)cc1. The minimum Gasteiger partial charge on any atom is -0.266 e. The van der Waals surface area contributed by atoms with Gasteiger partial charge in [-0.05, 0) is 24.3 Å². The minimum atomic E-state index is -3.97. The molecule has 0 radical (unpaired) electrons. The van der Waals surface area contributed by atoms with Crippen LogP contribution in [0.4, 0.5) is 23.4 Å². The number of rotatable bonds is 5. The van der Waals surface area contributed by atoms with Crippen molar-refractivity contribution in [1.82, 2.24) is 9.78 Å². The third kappa shape index (κ3) is 4.06. The van der Waals surface area contributed by atoms with Crippen LogP contribution in [0.25, 0.3) is 0 Å². The number of anilines is 1. The van der Waals surface area contributed by atoms with E-state index < -0.39 is 45.4 Å². The summed E-state index contributed by atoms with van der Waals surface area (Å²) >= 11 is 5.70. The van der Waals surface area contributed by atoms with Gasteiger partial charge in [0.2, 0.25) is 0 Å². The summed E-state index contributed by atoms with van der Waals surface area (Å²) in [5.74, 6) is -6.33. The molecule has 0 unspecified atom stereocenters. The zero-order valence-corrected chi connectivity index (χ0v) is 14.8. The first kappa shape index (κ1) is 19.2. The van der Waals surface area contributed by atoms with E-state index in [1.54, 1.807) is 0 Å². The molecule has 0 aliphatic rings. The lowest BCUT2D eigenvalue weighted by Crippen LogP contribution is -2.14. The van der Waals surface area contributed by atoms with Gasteiger partial charge in [-0.3, -0.25) is 9.40 Å². The molecular formula is C16H10ClF4N3O2S. The number of nitrogens with one attached hydrogen (secondary N) is 1. The molecule has 0 aliphatic carbocycles. The van der Waals surface area contributed by atoms with Gasteiger partial charge in [0, 0.05) is 23.4 Å². The normalized spacial score (nSPS) is 11.6. The second-order valence-electron chi connectivity index (χ2n) is 5.40. The van der Waals surface area contributed by atoms with Crippen LogP contribution >= 0.6 is 11.6 Å². The van der Waals surface area contributed by atoms with Gasteiger partial charge >= 0.3 is 0 Å². The van der Waals surface area contributed by atoms with E-state index >= 15 is 0 Å². The molecule has 0 spiro atoms. The molecule has 11 heteroatoms. The van der Waals surface area contributed by atoms with Crippen LogP contribution in [0.2, 0.25) is 5.02 Å². The number of benzene rings is 2. The van der Waals surface area contributed by atoms with Crippen LogP contribution in [-0.4, -0.2) is 18.2 Å². The van der Waals surface area contributed by atoms with Crippen molar-refractivity contribution in [2.24, 2.45) is 0 Å². The molecule has 0 aliphatic heterocycles. The zero-order chi connectivity index (χ0) is 19.8. The molecular weight excluding hydrogens is 410 g/mol. The highest BCUT2D eigenvalue weighted by Gasteiger charge is 2.20. The van der Waals surface area contributed by atoms with E-state index in [0.29, 0.717) is 5.02 Å². The fraction of sp³-hybridized carbons (Fsp3) is 0.0625. The van der Waals surface area contributed by atoms with Crippen molar-refractivity contribution in [1.29, 1.82) is 0 Å². The molecule has 0 atom stereocenters. The maximum atomic E-state index is 13.7. The van der Waals surface area contributed by atoms with Gasteiger partial charge in [0.1, 0.15) is 0 Å². The number of hydrogen-bond acceptors (Lipinski definition) is 3. The van der Waals surface area contributed by atoms with E-state index in [9.17, 15) is 26.0 Å². The van der Waals surface area contributed by atoms with E-state index in [0.717, 1.165) is 4.68 Å². The van der Waals surface area contributed by atoms with E-state index in [1.807, 2.05) is 0 Å².